The van der Waals surface area contributed by atoms with Gasteiger partial charge in [0.1, 0.15) is 22.5 Å². The van der Waals surface area contributed by atoms with Gasteiger partial charge in [0.2, 0.25) is 0 Å². The number of para-hydroxylation sites is 2. The zero-order valence-corrected chi connectivity index (χ0v) is 41.6. The highest BCUT2D eigenvalue weighted by Crippen LogP contribution is 2.51. The van der Waals surface area contributed by atoms with Gasteiger partial charge >= 0.3 is 6.71 Å². The molecule has 0 radical (unpaired) electrons. The Kier molecular flexibility index (Phi) is 8.93. The Morgan fingerprint density at radius 2 is 0.735 bits per heavy atom. The Morgan fingerprint density at radius 3 is 1.12 bits per heavy atom. The zero-order chi connectivity index (χ0) is 47.4. The molecule has 0 aliphatic carbocycles. The van der Waals surface area contributed by atoms with Crippen molar-refractivity contribution >= 4 is 101 Å². The number of furan rings is 2. The lowest BCUT2D eigenvalue weighted by Crippen LogP contribution is -2.60. The molecule has 0 atom stereocenters. The second-order valence-electron chi connectivity index (χ2n) is 23.5. The van der Waals surface area contributed by atoms with E-state index in [0.29, 0.717) is 0 Å². The first kappa shape index (κ1) is 42.4. The molecule has 5 nitrogen and oxygen atoms in total. The monoisotopic (exact) mass is 889 g/mol. The Balaban J connectivity index is 1.26. The molecule has 6 heteroatoms. The van der Waals surface area contributed by atoms with Crippen LogP contribution >= 0.6 is 0 Å². The summed E-state index contributed by atoms with van der Waals surface area (Å²) in [6.07, 6.45) is 0. The van der Waals surface area contributed by atoms with E-state index in [0.717, 1.165) is 78.5 Å². The van der Waals surface area contributed by atoms with Gasteiger partial charge in [-0.25, -0.2) is 0 Å². The Bertz CT molecular complexity index is 3430. The van der Waals surface area contributed by atoms with E-state index in [1.165, 1.54) is 44.1 Å². The van der Waals surface area contributed by atoms with Gasteiger partial charge in [0.15, 0.2) is 0 Å². The highest BCUT2D eigenvalue weighted by molar-refractivity contribution is 6.99. The molecule has 0 bridgehead atoms. The molecule has 0 N–H and O–H groups in total. The molecule has 10 aromatic rings. The zero-order valence-electron chi connectivity index (χ0n) is 41.6. The Labute approximate surface area is 401 Å². The minimum Gasteiger partial charge on any atom is -0.468 e. The summed E-state index contributed by atoms with van der Waals surface area (Å²) in [4.78, 5) is 5.00. The van der Waals surface area contributed by atoms with E-state index in [9.17, 15) is 0 Å². The van der Waals surface area contributed by atoms with Crippen LogP contribution in [0.2, 0.25) is 0 Å². The molecule has 2 aliphatic rings. The van der Waals surface area contributed by atoms with Gasteiger partial charge in [-0.15, -0.1) is 0 Å². The average Bonchev–Trinajstić information content (AvgIpc) is 3.97. The maximum Gasteiger partial charge on any atom is 0.342 e. The third kappa shape index (κ3) is 6.36. The summed E-state index contributed by atoms with van der Waals surface area (Å²) < 4.78 is 17.2. The van der Waals surface area contributed by atoms with Gasteiger partial charge < -0.3 is 23.2 Å². The highest BCUT2D eigenvalue weighted by atomic mass is 16.3. The predicted molar refractivity (Wildman–Crippen MR) is 289 cm³/mol. The molecule has 12 rings (SSSR count). The average molecular weight is 890 g/mol. The molecule has 0 amide bonds. The predicted octanol–water partition coefficient (Wildman–Crippen LogP) is 15.5. The summed E-state index contributed by atoms with van der Waals surface area (Å²) in [5.74, 6) is 0. The lowest BCUT2D eigenvalue weighted by Gasteiger charge is -2.41. The van der Waals surface area contributed by atoms with Gasteiger partial charge in [-0.05, 0) is 122 Å². The molecule has 0 spiro atoms. The van der Waals surface area contributed by atoms with Crippen molar-refractivity contribution in [3.8, 4) is 5.69 Å². The quantitative estimate of drug-likeness (QED) is 0.166. The normalized spacial score (nSPS) is 14.1. The van der Waals surface area contributed by atoms with Gasteiger partial charge in [-0.1, -0.05) is 156 Å². The van der Waals surface area contributed by atoms with Gasteiger partial charge in [-0.2, -0.15) is 0 Å². The first-order valence-electron chi connectivity index (χ1n) is 24.4. The topological polar surface area (TPSA) is 37.7 Å². The van der Waals surface area contributed by atoms with E-state index in [1.807, 2.05) is 0 Å². The third-order valence-corrected chi connectivity index (χ3v) is 14.8. The molecule has 68 heavy (non-hydrogen) atoms. The van der Waals surface area contributed by atoms with Crippen molar-refractivity contribution in [1.82, 2.24) is 4.57 Å². The molecule has 2 aliphatic heterocycles. The number of rotatable bonds is 3. The van der Waals surface area contributed by atoms with E-state index >= 15 is 0 Å². The van der Waals surface area contributed by atoms with Crippen molar-refractivity contribution in [3.05, 3.63) is 168 Å². The first-order chi connectivity index (χ1) is 32.3. The van der Waals surface area contributed by atoms with Gasteiger partial charge in [-0.3, -0.25) is 0 Å². The summed E-state index contributed by atoms with van der Waals surface area (Å²) in [6, 6.07) is 54.6. The van der Waals surface area contributed by atoms with Crippen LogP contribution in [0.4, 0.5) is 34.1 Å². The summed E-state index contributed by atoms with van der Waals surface area (Å²) in [7, 11) is 0. The molecular weight excluding hydrogens is 830 g/mol. The van der Waals surface area contributed by atoms with E-state index in [2.05, 4.69) is 243 Å². The second-order valence-corrected chi connectivity index (χ2v) is 23.5. The fourth-order valence-corrected chi connectivity index (χ4v) is 11.0. The second kappa shape index (κ2) is 14.3. The minimum atomic E-state index is -0.344. The van der Waals surface area contributed by atoms with Crippen molar-refractivity contribution in [1.29, 1.82) is 0 Å². The van der Waals surface area contributed by atoms with Gasteiger partial charge in [0.05, 0.1) is 28.1 Å². The molecule has 0 fully saturated rings. The minimum absolute atomic E-state index is 0.0101. The SMILES string of the molecule is CC(C)(C)c1ccc(N2c3cc(-n4c5ccccc5c5ccccc54)cc4c3B(c3oc5ccc(C(C)(C)C)cc5c32)c2oc3ccc(C(C)(C)C)cc3c2N4c2ccc(C(C)(C)C)cc2)cc1. The van der Waals surface area contributed by atoms with Crippen molar-refractivity contribution in [2.45, 2.75) is 105 Å². The number of fused-ring (bicyclic) bond motifs is 11. The number of benzene rings is 7. The largest absolute Gasteiger partial charge is 0.468 e. The fraction of sp³-hybridized carbons (Fsp3) is 0.258. The fourth-order valence-electron chi connectivity index (χ4n) is 11.0. The van der Waals surface area contributed by atoms with Crippen LogP contribution < -0.4 is 26.6 Å². The van der Waals surface area contributed by atoms with Crippen molar-refractivity contribution < 1.29 is 8.83 Å². The van der Waals surface area contributed by atoms with Crippen LogP contribution in [0, 0.1) is 0 Å². The number of hydrogen-bond donors (Lipinski definition) is 0. The van der Waals surface area contributed by atoms with Crippen LogP contribution in [0.1, 0.15) is 105 Å². The summed E-state index contributed by atoms with van der Waals surface area (Å²) in [6.45, 7) is 27.1. The molecule has 0 unspecified atom stereocenters. The van der Waals surface area contributed by atoms with Crippen molar-refractivity contribution in [2.75, 3.05) is 9.80 Å². The van der Waals surface area contributed by atoms with Gasteiger partial charge in [0.25, 0.3) is 0 Å². The number of hydrogen-bond acceptors (Lipinski definition) is 4. The van der Waals surface area contributed by atoms with E-state index in [4.69, 9.17) is 8.83 Å². The molecular formula is C62H60BN3O2. The molecule has 3 aromatic heterocycles. The smallest absolute Gasteiger partial charge is 0.342 e. The van der Waals surface area contributed by atoms with E-state index < -0.39 is 0 Å². The third-order valence-electron chi connectivity index (χ3n) is 14.8. The van der Waals surface area contributed by atoms with Crippen LogP contribution in [-0.2, 0) is 21.7 Å². The van der Waals surface area contributed by atoms with Crippen LogP contribution in [0.5, 0.6) is 0 Å². The lowest BCUT2D eigenvalue weighted by molar-refractivity contribution is 0.590. The van der Waals surface area contributed by atoms with Crippen LogP contribution in [0.3, 0.4) is 0 Å². The molecule has 338 valence electrons. The number of nitrogens with zero attached hydrogens (tertiary/aromatic N) is 3. The van der Waals surface area contributed by atoms with Crippen LogP contribution in [-0.4, -0.2) is 11.3 Å². The standard InChI is InChI=1S/C62H60BN3O2/c1-59(2,3)37-21-27-41(28-22-37)65-50-35-43(64-48-19-15-13-17-44(48)45-18-14-16-20-49(45)64)36-51-54(50)63(57-55(65)46-33-39(61(7,8)9)25-31-52(46)67-57)58-56(47-34-40(62(10,11)12)26-32-53(47)68-58)66(51)42-29-23-38(24-30-42)60(4,5)6/h13-36H,1-12H3. The Hall–Kier alpha value is -6.92. The highest BCUT2D eigenvalue weighted by Gasteiger charge is 2.50. The van der Waals surface area contributed by atoms with Crippen molar-refractivity contribution in [2.24, 2.45) is 0 Å². The molecule has 5 heterocycles. The first-order valence-corrected chi connectivity index (χ1v) is 24.4. The van der Waals surface area contributed by atoms with Crippen LogP contribution in [0.25, 0.3) is 49.4 Å². The van der Waals surface area contributed by atoms with E-state index in [1.54, 1.807) is 0 Å². The summed E-state index contributed by atoms with van der Waals surface area (Å²) in [5.41, 5.74) is 19.5. The van der Waals surface area contributed by atoms with Gasteiger partial charge in [0, 0.05) is 44.3 Å². The molecule has 0 saturated heterocycles. The number of aromatic nitrogens is 1. The maximum absolute atomic E-state index is 7.35. The van der Waals surface area contributed by atoms with Crippen molar-refractivity contribution in [3.63, 3.8) is 0 Å². The summed E-state index contributed by atoms with van der Waals surface area (Å²) in [5, 5.41) is 4.64. The lowest BCUT2D eigenvalue weighted by atomic mass is 9.37. The Morgan fingerprint density at radius 1 is 0.368 bits per heavy atom. The molecule has 7 aromatic carbocycles. The maximum atomic E-state index is 7.35. The molecule has 0 saturated carbocycles. The number of anilines is 6. The van der Waals surface area contributed by atoms with Crippen LogP contribution in [0.15, 0.2) is 154 Å². The van der Waals surface area contributed by atoms with E-state index in [-0.39, 0.29) is 28.4 Å². The summed E-state index contributed by atoms with van der Waals surface area (Å²) >= 11 is 0.